The highest BCUT2D eigenvalue weighted by Gasteiger charge is 2.13. The predicted molar refractivity (Wildman–Crippen MR) is 113 cm³/mol. The summed E-state index contributed by atoms with van der Waals surface area (Å²) in [6.45, 7) is 0.240. The number of anilines is 2. The Morgan fingerprint density at radius 2 is 1.87 bits per heavy atom. The van der Waals surface area contributed by atoms with E-state index in [2.05, 4.69) is 20.2 Å². The zero-order valence-electron chi connectivity index (χ0n) is 16.7. The molecule has 0 atom stereocenters. The lowest BCUT2D eigenvalue weighted by Gasteiger charge is -2.13. The van der Waals surface area contributed by atoms with Gasteiger partial charge in [-0.2, -0.15) is 20.0 Å². The number of nitrogens with two attached hydrogens (primary N) is 2. The first-order chi connectivity index (χ1) is 15.0. The minimum atomic E-state index is -0.350. The molecule has 0 spiro atoms. The fourth-order valence-electron chi connectivity index (χ4n) is 3.11. The van der Waals surface area contributed by atoms with Gasteiger partial charge in [0.05, 0.1) is 31.8 Å². The molecule has 4 rings (SSSR count). The van der Waals surface area contributed by atoms with Crippen LogP contribution in [0.1, 0.15) is 5.56 Å². The summed E-state index contributed by atoms with van der Waals surface area (Å²) in [4.78, 5) is 9.81. The maximum atomic E-state index is 13.8. The SMILES string of the molecule is COc1nc(N)ccc1-c1cnc(N)c(OCCc2cc(F)ccc2-n2nccn2)c1. The highest BCUT2D eigenvalue weighted by molar-refractivity contribution is 5.72. The molecule has 4 aromatic rings. The van der Waals surface area contributed by atoms with Gasteiger partial charge >= 0.3 is 0 Å². The van der Waals surface area contributed by atoms with Gasteiger partial charge in [-0.25, -0.2) is 9.37 Å². The summed E-state index contributed by atoms with van der Waals surface area (Å²) in [7, 11) is 1.51. The Hall–Kier alpha value is -4.21. The predicted octanol–water partition coefficient (Wildman–Crippen LogP) is 2.66. The summed E-state index contributed by atoms with van der Waals surface area (Å²) in [5.74, 6) is 0.995. The van der Waals surface area contributed by atoms with E-state index in [0.717, 1.165) is 0 Å². The van der Waals surface area contributed by atoms with Crippen molar-refractivity contribution in [2.24, 2.45) is 0 Å². The maximum absolute atomic E-state index is 13.8. The zero-order chi connectivity index (χ0) is 21.8. The number of hydrogen-bond acceptors (Lipinski definition) is 8. The quantitative estimate of drug-likeness (QED) is 0.466. The van der Waals surface area contributed by atoms with E-state index in [4.69, 9.17) is 20.9 Å². The van der Waals surface area contributed by atoms with E-state index in [9.17, 15) is 4.39 Å². The summed E-state index contributed by atoms with van der Waals surface area (Å²) in [5.41, 5.74) is 14.5. The van der Waals surface area contributed by atoms with E-state index in [1.165, 1.54) is 24.0 Å². The zero-order valence-corrected chi connectivity index (χ0v) is 16.7. The molecular weight excluding hydrogens is 401 g/mol. The van der Waals surface area contributed by atoms with E-state index >= 15 is 0 Å². The van der Waals surface area contributed by atoms with Crippen molar-refractivity contribution < 1.29 is 13.9 Å². The van der Waals surface area contributed by atoms with Gasteiger partial charge in [0, 0.05) is 23.7 Å². The van der Waals surface area contributed by atoms with Gasteiger partial charge in [-0.15, -0.1) is 0 Å². The topological polar surface area (TPSA) is 127 Å². The number of halogens is 1. The van der Waals surface area contributed by atoms with Crippen LogP contribution in [0.4, 0.5) is 16.0 Å². The number of rotatable bonds is 7. The fraction of sp³-hybridized carbons (Fsp3) is 0.143. The van der Waals surface area contributed by atoms with Crippen molar-refractivity contribution in [3.8, 4) is 28.4 Å². The van der Waals surface area contributed by atoms with Gasteiger partial charge in [0.1, 0.15) is 11.6 Å². The average molecular weight is 421 g/mol. The first-order valence-corrected chi connectivity index (χ1v) is 9.39. The molecule has 0 aliphatic carbocycles. The van der Waals surface area contributed by atoms with Crippen molar-refractivity contribution in [2.75, 3.05) is 25.2 Å². The van der Waals surface area contributed by atoms with Crippen molar-refractivity contribution in [2.45, 2.75) is 6.42 Å². The van der Waals surface area contributed by atoms with Gasteiger partial charge in [0.2, 0.25) is 5.88 Å². The largest absolute Gasteiger partial charge is 0.489 e. The summed E-state index contributed by atoms with van der Waals surface area (Å²) >= 11 is 0. The molecule has 9 nitrogen and oxygen atoms in total. The molecule has 3 heterocycles. The monoisotopic (exact) mass is 421 g/mol. The summed E-state index contributed by atoms with van der Waals surface area (Å²) in [6, 6.07) is 9.63. The maximum Gasteiger partial charge on any atom is 0.223 e. The van der Waals surface area contributed by atoms with Crippen molar-refractivity contribution in [3.63, 3.8) is 0 Å². The Morgan fingerprint density at radius 3 is 2.65 bits per heavy atom. The van der Waals surface area contributed by atoms with Gasteiger partial charge in [0.25, 0.3) is 0 Å². The molecule has 4 N–H and O–H groups in total. The number of aromatic nitrogens is 5. The summed E-state index contributed by atoms with van der Waals surface area (Å²) < 4.78 is 25.0. The third-order valence-electron chi connectivity index (χ3n) is 4.57. The lowest BCUT2D eigenvalue weighted by molar-refractivity contribution is 0.322. The molecule has 158 valence electrons. The standard InChI is InChI=1S/C21H20FN7O2/c1-30-21-16(3-5-19(23)28-21)14-11-18(20(24)25-12-14)31-9-6-13-10-15(22)2-4-17(13)29-26-7-8-27-29/h2-5,7-8,10-12H,6,9H2,1H3,(H2,23,28)(H2,24,25). The smallest absolute Gasteiger partial charge is 0.223 e. The van der Waals surface area contributed by atoms with Crippen LogP contribution in [0.15, 0.2) is 55.0 Å². The Bertz CT molecular complexity index is 1200. The van der Waals surface area contributed by atoms with Crippen LogP contribution in [0.5, 0.6) is 11.6 Å². The van der Waals surface area contributed by atoms with Crippen LogP contribution in [0.3, 0.4) is 0 Å². The Balaban J connectivity index is 1.54. The van der Waals surface area contributed by atoms with Crippen molar-refractivity contribution in [1.82, 2.24) is 25.0 Å². The highest BCUT2D eigenvalue weighted by Crippen LogP contribution is 2.32. The molecule has 31 heavy (non-hydrogen) atoms. The third-order valence-corrected chi connectivity index (χ3v) is 4.57. The van der Waals surface area contributed by atoms with Crippen LogP contribution in [0, 0.1) is 5.82 Å². The Labute approximate surface area is 177 Å². The number of nitrogens with zero attached hydrogens (tertiary/aromatic N) is 5. The summed E-state index contributed by atoms with van der Waals surface area (Å²) in [5, 5.41) is 8.22. The first-order valence-electron chi connectivity index (χ1n) is 9.39. The van der Waals surface area contributed by atoms with Crippen molar-refractivity contribution >= 4 is 11.6 Å². The average Bonchev–Trinajstić information content (AvgIpc) is 3.30. The first kappa shape index (κ1) is 20.1. The van der Waals surface area contributed by atoms with Crippen molar-refractivity contribution in [3.05, 3.63) is 66.4 Å². The lowest BCUT2D eigenvalue weighted by atomic mass is 10.1. The second kappa shape index (κ2) is 8.66. The number of ether oxygens (including phenoxy) is 2. The Kier molecular flexibility index (Phi) is 5.61. The van der Waals surface area contributed by atoms with E-state index in [-0.39, 0.29) is 18.2 Å². The molecule has 0 fully saturated rings. The number of pyridine rings is 2. The number of methoxy groups -OCH3 is 1. The van der Waals surface area contributed by atoms with Crippen molar-refractivity contribution in [1.29, 1.82) is 0 Å². The molecule has 0 aliphatic heterocycles. The van der Waals surface area contributed by atoms with Crippen LogP contribution < -0.4 is 20.9 Å². The highest BCUT2D eigenvalue weighted by atomic mass is 19.1. The molecule has 0 bridgehead atoms. The van der Waals surface area contributed by atoms with Gasteiger partial charge in [-0.1, -0.05) is 0 Å². The Morgan fingerprint density at radius 1 is 1.06 bits per heavy atom. The second-order valence-electron chi connectivity index (χ2n) is 6.59. The van der Waals surface area contributed by atoms with Gasteiger partial charge in [-0.05, 0) is 42.0 Å². The molecule has 3 aromatic heterocycles. The van der Waals surface area contributed by atoms with Crippen LogP contribution >= 0.6 is 0 Å². The number of nitrogen functional groups attached to an aromatic ring is 2. The minimum absolute atomic E-state index is 0.235. The molecule has 0 aliphatic rings. The lowest BCUT2D eigenvalue weighted by Crippen LogP contribution is -2.09. The van der Waals surface area contributed by atoms with Crippen LogP contribution in [0.2, 0.25) is 0 Å². The molecule has 10 heteroatoms. The molecule has 1 aromatic carbocycles. The molecule has 0 saturated heterocycles. The minimum Gasteiger partial charge on any atom is -0.489 e. The second-order valence-corrected chi connectivity index (χ2v) is 6.59. The van der Waals surface area contributed by atoms with Gasteiger partial charge < -0.3 is 20.9 Å². The molecule has 0 unspecified atom stereocenters. The van der Waals surface area contributed by atoms with Gasteiger partial charge in [-0.3, -0.25) is 0 Å². The number of benzene rings is 1. The fourth-order valence-corrected chi connectivity index (χ4v) is 3.11. The molecule has 0 saturated carbocycles. The molecule has 0 amide bonds. The van der Waals surface area contributed by atoms with E-state index in [1.807, 2.05) is 0 Å². The van der Waals surface area contributed by atoms with Gasteiger partial charge in [0.15, 0.2) is 11.6 Å². The summed E-state index contributed by atoms with van der Waals surface area (Å²) in [6.07, 6.45) is 5.13. The third kappa shape index (κ3) is 4.37. The van der Waals surface area contributed by atoms with E-state index < -0.39 is 0 Å². The van der Waals surface area contributed by atoms with Crippen LogP contribution in [-0.2, 0) is 6.42 Å². The molecular formula is C21H20FN7O2. The normalized spacial score (nSPS) is 10.8. The van der Waals surface area contributed by atoms with E-state index in [0.29, 0.717) is 46.2 Å². The van der Waals surface area contributed by atoms with E-state index in [1.54, 1.807) is 42.9 Å². The van der Waals surface area contributed by atoms with Crippen LogP contribution in [0.25, 0.3) is 16.8 Å². The number of hydrogen-bond donors (Lipinski definition) is 2. The molecule has 0 radical (unpaired) electrons. The van der Waals surface area contributed by atoms with Crippen LogP contribution in [-0.4, -0.2) is 38.7 Å².